The molecule has 0 aliphatic heterocycles. The van der Waals surface area contributed by atoms with E-state index in [4.69, 9.17) is 0 Å². The Balaban J connectivity index is 1.03. The van der Waals surface area contributed by atoms with Crippen LogP contribution in [0.2, 0.25) is 0 Å². The van der Waals surface area contributed by atoms with Gasteiger partial charge in [-0.15, -0.1) is 0 Å². The van der Waals surface area contributed by atoms with Crippen LogP contribution in [0, 0.1) is 11.3 Å². The maximum atomic E-state index is 9.84. The van der Waals surface area contributed by atoms with Gasteiger partial charge in [0.05, 0.1) is 22.7 Å². The summed E-state index contributed by atoms with van der Waals surface area (Å²) in [5.41, 5.74) is 9.08. The Hall–Kier alpha value is -7.47. The molecule has 11 aromatic carbocycles. The molecule has 1 aromatic heterocycles. The van der Waals surface area contributed by atoms with Gasteiger partial charge in [-0.3, -0.25) is 0 Å². The van der Waals surface area contributed by atoms with Crippen LogP contribution in [0.3, 0.4) is 0 Å². The van der Waals surface area contributed by atoms with E-state index < -0.39 is 0 Å². The van der Waals surface area contributed by atoms with Gasteiger partial charge in [0, 0.05) is 21.8 Å². The Bertz CT molecular complexity index is 3580. The van der Waals surface area contributed by atoms with Crippen LogP contribution in [-0.2, 0) is 0 Å². The molecule has 12 aromatic rings. The van der Waals surface area contributed by atoms with E-state index in [2.05, 4.69) is 187 Å². The molecule has 0 saturated carbocycles. The van der Waals surface area contributed by atoms with Crippen molar-refractivity contribution < 1.29 is 0 Å². The van der Waals surface area contributed by atoms with E-state index in [9.17, 15) is 5.26 Å². The van der Waals surface area contributed by atoms with Gasteiger partial charge >= 0.3 is 0 Å². The van der Waals surface area contributed by atoms with Gasteiger partial charge in [0.15, 0.2) is 0 Å². The fourth-order valence-electron chi connectivity index (χ4n) is 9.44. The quantitative estimate of drug-likeness (QED) is 0.169. The van der Waals surface area contributed by atoms with E-state index in [0.717, 1.165) is 10.9 Å². The Kier molecular flexibility index (Phi) is 6.15. The van der Waals surface area contributed by atoms with Gasteiger partial charge in [-0.25, -0.2) is 0 Å². The highest BCUT2D eigenvalue weighted by Crippen LogP contribution is 2.43. The lowest BCUT2D eigenvalue weighted by molar-refractivity contribution is 1.18. The third-order valence-corrected chi connectivity index (χ3v) is 12.0. The predicted molar refractivity (Wildman–Crippen MR) is 233 cm³/mol. The lowest BCUT2D eigenvalue weighted by atomic mass is 9.88. The van der Waals surface area contributed by atoms with E-state index >= 15 is 0 Å². The minimum atomic E-state index is 0.719. The number of nitriles is 1. The fourth-order valence-corrected chi connectivity index (χ4v) is 9.44. The van der Waals surface area contributed by atoms with Crippen LogP contribution in [0.5, 0.6) is 0 Å². The highest BCUT2D eigenvalue weighted by molar-refractivity contribution is 6.29. The summed E-state index contributed by atoms with van der Waals surface area (Å²) in [5.74, 6) is 0. The summed E-state index contributed by atoms with van der Waals surface area (Å²) < 4.78 is 2.41. The number of fused-ring (bicyclic) bond motifs is 9. The normalized spacial score (nSPS) is 12.0. The van der Waals surface area contributed by atoms with Gasteiger partial charge in [0.2, 0.25) is 0 Å². The molecular weight excluding hydrogens is 665 g/mol. The van der Waals surface area contributed by atoms with E-state index in [-0.39, 0.29) is 0 Å². The number of hydrogen-bond acceptors (Lipinski definition) is 1. The largest absolute Gasteiger partial charge is 0.309 e. The highest BCUT2D eigenvalue weighted by atomic mass is 15.0. The van der Waals surface area contributed by atoms with Crippen LogP contribution in [0.25, 0.3) is 114 Å². The highest BCUT2D eigenvalue weighted by Gasteiger charge is 2.18. The fraction of sp³-hybridized carbons (Fsp3) is 0. The van der Waals surface area contributed by atoms with Crippen molar-refractivity contribution in [3.63, 3.8) is 0 Å². The zero-order valence-corrected chi connectivity index (χ0v) is 29.7. The molecule has 0 N–H and O–H groups in total. The topological polar surface area (TPSA) is 28.7 Å². The number of aromatic nitrogens is 1. The Morgan fingerprint density at radius 2 is 0.909 bits per heavy atom. The molecule has 12 rings (SSSR count). The predicted octanol–water partition coefficient (Wildman–Crippen LogP) is 14.3. The maximum absolute atomic E-state index is 9.84. The standard InChI is InChI=1S/C53H30N2/c54-31-37-21-20-34-18-19-35-22-24-39(45-27-26-40(37)52(34)53(35)45)33-16-14-32(15-17-33)36-23-25-43-46(28-36)41-10-4-5-11-42(41)47-29-49-44-12-6-7-13-50(44)55(51(49)30-48(43)47)38-8-2-1-3-9-38/h1-30H. The van der Waals surface area contributed by atoms with Gasteiger partial charge in [0.25, 0.3) is 0 Å². The van der Waals surface area contributed by atoms with Crippen LogP contribution in [-0.4, -0.2) is 4.57 Å². The lowest BCUT2D eigenvalue weighted by Crippen LogP contribution is -1.93. The van der Waals surface area contributed by atoms with Crippen molar-refractivity contribution in [2.45, 2.75) is 0 Å². The summed E-state index contributed by atoms with van der Waals surface area (Å²) in [7, 11) is 0. The smallest absolute Gasteiger partial charge is 0.0998 e. The third-order valence-electron chi connectivity index (χ3n) is 12.0. The molecule has 1 heterocycles. The zero-order valence-electron chi connectivity index (χ0n) is 29.7. The van der Waals surface area contributed by atoms with Crippen molar-refractivity contribution in [2.75, 3.05) is 0 Å². The number of rotatable bonds is 3. The van der Waals surface area contributed by atoms with Gasteiger partial charge in [0.1, 0.15) is 0 Å². The molecule has 0 radical (unpaired) electrons. The number of hydrogen-bond donors (Lipinski definition) is 0. The van der Waals surface area contributed by atoms with Crippen molar-refractivity contribution in [1.29, 1.82) is 5.26 Å². The Morgan fingerprint density at radius 1 is 0.345 bits per heavy atom. The molecule has 0 aliphatic rings. The lowest BCUT2D eigenvalue weighted by Gasteiger charge is -2.15. The minimum absolute atomic E-state index is 0.719. The van der Waals surface area contributed by atoms with E-state index in [1.807, 2.05) is 6.07 Å². The second-order valence-electron chi connectivity index (χ2n) is 14.7. The number of benzene rings is 11. The number of nitrogens with zero attached hydrogens (tertiary/aromatic N) is 2. The second-order valence-corrected chi connectivity index (χ2v) is 14.7. The summed E-state index contributed by atoms with van der Waals surface area (Å²) in [6.45, 7) is 0. The molecular formula is C53H30N2. The second kappa shape index (κ2) is 11.3. The monoisotopic (exact) mass is 694 g/mol. The molecule has 0 fully saturated rings. The number of para-hydroxylation sites is 2. The summed E-state index contributed by atoms with van der Waals surface area (Å²) in [4.78, 5) is 0. The molecule has 2 heteroatoms. The first-order chi connectivity index (χ1) is 27.2. The van der Waals surface area contributed by atoms with E-state index in [1.165, 1.54) is 109 Å². The molecule has 0 atom stereocenters. The van der Waals surface area contributed by atoms with Crippen molar-refractivity contribution in [2.24, 2.45) is 0 Å². The van der Waals surface area contributed by atoms with Crippen LogP contribution >= 0.6 is 0 Å². The molecule has 55 heavy (non-hydrogen) atoms. The summed E-state index contributed by atoms with van der Waals surface area (Å²) in [6.07, 6.45) is 0. The van der Waals surface area contributed by atoms with E-state index in [1.54, 1.807) is 0 Å². The van der Waals surface area contributed by atoms with Crippen molar-refractivity contribution in [1.82, 2.24) is 4.57 Å². The van der Waals surface area contributed by atoms with Crippen LogP contribution in [0.4, 0.5) is 0 Å². The molecule has 0 spiro atoms. The Morgan fingerprint density at radius 3 is 1.69 bits per heavy atom. The molecule has 0 bridgehead atoms. The van der Waals surface area contributed by atoms with Crippen LogP contribution in [0.15, 0.2) is 182 Å². The van der Waals surface area contributed by atoms with Gasteiger partial charge in [-0.1, -0.05) is 140 Å². The van der Waals surface area contributed by atoms with Gasteiger partial charge in [-0.2, -0.15) is 5.26 Å². The SMILES string of the molecule is N#Cc1ccc2ccc3ccc(-c4ccc(-c5ccc6c(c5)c5ccccc5c5cc7c8ccccc8n(-c8ccccc8)c7cc65)cc4)c4ccc1c2c34. The van der Waals surface area contributed by atoms with Crippen LogP contribution in [0.1, 0.15) is 5.56 Å². The van der Waals surface area contributed by atoms with Gasteiger partial charge < -0.3 is 4.57 Å². The summed E-state index contributed by atoms with van der Waals surface area (Å²) >= 11 is 0. The first-order valence-electron chi connectivity index (χ1n) is 18.8. The van der Waals surface area contributed by atoms with Crippen molar-refractivity contribution in [3.8, 4) is 34.0 Å². The average molecular weight is 695 g/mol. The molecule has 0 saturated heterocycles. The summed E-state index contributed by atoms with van der Waals surface area (Å²) in [5, 5.41) is 27.0. The summed E-state index contributed by atoms with van der Waals surface area (Å²) in [6, 6.07) is 68.7. The molecule has 252 valence electrons. The maximum Gasteiger partial charge on any atom is 0.0998 e. The zero-order chi connectivity index (χ0) is 36.2. The van der Waals surface area contributed by atoms with Crippen LogP contribution < -0.4 is 0 Å². The first kappa shape index (κ1) is 30.0. The van der Waals surface area contributed by atoms with Gasteiger partial charge in [-0.05, 0) is 124 Å². The average Bonchev–Trinajstić information content (AvgIpc) is 3.58. The molecule has 2 nitrogen and oxygen atoms in total. The third kappa shape index (κ3) is 4.24. The first-order valence-corrected chi connectivity index (χ1v) is 18.8. The molecule has 0 unspecified atom stereocenters. The van der Waals surface area contributed by atoms with Crippen molar-refractivity contribution in [3.05, 3.63) is 188 Å². The minimum Gasteiger partial charge on any atom is -0.309 e. The molecule has 0 amide bonds. The molecule has 0 aliphatic carbocycles. The Labute approximate surface area is 316 Å². The van der Waals surface area contributed by atoms with Crippen molar-refractivity contribution >= 4 is 86.4 Å². The van der Waals surface area contributed by atoms with E-state index in [0.29, 0.717) is 0 Å².